The van der Waals surface area contributed by atoms with Crippen molar-refractivity contribution in [2.45, 2.75) is 104 Å². The van der Waals surface area contributed by atoms with Crippen LogP contribution in [0, 0.1) is 17.8 Å². The number of nitrogens with one attached hydrogen (secondary N) is 1. The number of halogens is 3. The van der Waals surface area contributed by atoms with Crippen LogP contribution < -0.4 is 5.32 Å². The topological polar surface area (TPSA) is 129 Å². The number of fused-ring (bicyclic) bond motifs is 4. The molecule has 60 heavy (non-hydrogen) atoms. The molecular formula is C46H51ClF2N8O3. The molecule has 2 aromatic carbocycles. The number of carbonyl (C=O) groups is 2. The minimum Gasteiger partial charge on any atom is -0.481 e. The average Bonchev–Trinajstić information content (AvgIpc) is 4.01. The van der Waals surface area contributed by atoms with Gasteiger partial charge in [0, 0.05) is 68.7 Å². The average molecular weight is 837 g/mol. The van der Waals surface area contributed by atoms with E-state index in [4.69, 9.17) is 16.6 Å². The summed E-state index contributed by atoms with van der Waals surface area (Å²) in [5.41, 5.74) is 6.98. The van der Waals surface area contributed by atoms with E-state index in [1.165, 1.54) is 0 Å². The summed E-state index contributed by atoms with van der Waals surface area (Å²) < 4.78 is 30.2. The van der Waals surface area contributed by atoms with Crippen molar-refractivity contribution in [3.63, 3.8) is 0 Å². The standard InChI is InChI=1S/C46H51ClF2N8O3/c1-27-7-6-18-57(27)24-29-21-34-39(50-23-29)41(54-42(52-34)40(48)49)51-33-11-5-9-31(28(33)2)32-10-4-8-30(38(32)47)22-37(58)43-53-35-25-56(19-12-36(35)55(43)3)20-17-45-13-15-46(26-45,16-14-45)44(59)60/h4-5,8-11,21,23,27,40H,6-7,12-20,22,24-26H2,1-3H3,(H,59,60)(H,51,52,54)/t27-,45?,46?/m1/s1. The summed E-state index contributed by atoms with van der Waals surface area (Å²) in [7, 11) is 1.91. The fourth-order valence-corrected chi connectivity index (χ4v) is 10.8. The molecule has 0 unspecified atom stereocenters. The molecule has 0 amide bonds. The zero-order valence-corrected chi connectivity index (χ0v) is 35.2. The molecule has 2 saturated carbocycles. The number of hydrogen-bond donors (Lipinski definition) is 2. The Morgan fingerprint density at radius 3 is 2.57 bits per heavy atom. The number of imidazole rings is 1. The van der Waals surface area contributed by atoms with Gasteiger partial charge in [-0.15, -0.1) is 0 Å². The maximum atomic E-state index is 14.1. The molecule has 11 nitrogen and oxygen atoms in total. The van der Waals surface area contributed by atoms with Crippen LogP contribution in [-0.4, -0.2) is 76.8 Å². The molecule has 2 aliphatic heterocycles. The number of carboxylic acids is 1. The number of Topliss-reactive ketones (excluding diaryl/α,β-unsaturated/α-hetero) is 1. The summed E-state index contributed by atoms with van der Waals surface area (Å²) in [6.07, 6.45) is 7.40. The van der Waals surface area contributed by atoms with Gasteiger partial charge in [-0.25, -0.2) is 23.7 Å². The molecule has 5 heterocycles. The molecule has 9 rings (SSSR count). The first-order chi connectivity index (χ1) is 28.8. The lowest BCUT2D eigenvalue weighted by atomic mass is 9.80. The van der Waals surface area contributed by atoms with Crippen molar-refractivity contribution in [1.82, 2.24) is 34.3 Å². The highest BCUT2D eigenvalue weighted by Gasteiger charge is 2.57. The minimum atomic E-state index is -2.86. The molecule has 314 valence electrons. The summed E-state index contributed by atoms with van der Waals surface area (Å²) in [5.74, 6) is -0.717. The lowest BCUT2D eigenvalue weighted by Gasteiger charge is -2.32. The summed E-state index contributed by atoms with van der Waals surface area (Å²) in [6, 6.07) is 13.6. The normalized spacial score (nSPS) is 22.9. The largest absolute Gasteiger partial charge is 0.481 e. The lowest BCUT2D eigenvalue weighted by Crippen LogP contribution is -2.34. The number of likely N-dealkylation sites (tertiary alicyclic amines) is 1. The molecule has 2 N–H and O–H groups in total. The van der Waals surface area contributed by atoms with Gasteiger partial charge in [0.2, 0.25) is 5.78 Å². The van der Waals surface area contributed by atoms with E-state index in [2.05, 4.69) is 37.0 Å². The minimum absolute atomic E-state index is 0.0681. The van der Waals surface area contributed by atoms with Crippen LogP contribution >= 0.6 is 11.6 Å². The number of benzene rings is 2. The van der Waals surface area contributed by atoms with E-state index >= 15 is 0 Å². The van der Waals surface area contributed by atoms with Crippen LogP contribution in [0.25, 0.3) is 22.2 Å². The molecule has 4 aliphatic rings. The molecular weight excluding hydrogens is 786 g/mol. The molecule has 1 atom stereocenters. The molecule has 5 aromatic rings. The van der Waals surface area contributed by atoms with Gasteiger partial charge in [0.05, 0.1) is 21.6 Å². The third-order valence-electron chi connectivity index (χ3n) is 14.2. The van der Waals surface area contributed by atoms with Crippen LogP contribution in [0.1, 0.15) is 109 Å². The van der Waals surface area contributed by atoms with Gasteiger partial charge in [0.1, 0.15) is 5.52 Å². The Balaban J connectivity index is 0.910. The number of ketones is 1. The molecule has 3 aromatic heterocycles. The number of alkyl halides is 2. The molecule has 2 bridgehead atoms. The monoisotopic (exact) mass is 836 g/mol. The Bertz CT molecular complexity index is 2500. The molecule has 0 spiro atoms. The number of aromatic nitrogens is 5. The summed E-state index contributed by atoms with van der Waals surface area (Å²) in [4.78, 5) is 48.6. The second-order valence-electron chi connectivity index (χ2n) is 17.8. The van der Waals surface area contributed by atoms with E-state index in [0.29, 0.717) is 52.3 Å². The number of rotatable bonds is 13. The van der Waals surface area contributed by atoms with Gasteiger partial charge in [0.15, 0.2) is 17.5 Å². The Kier molecular flexibility index (Phi) is 10.7. The van der Waals surface area contributed by atoms with Gasteiger partial charge in [-0.1, -0.05) is 41.9 Å². The third kappa shape index (κ3) is 7.47. The number of carbonyl (C=O) groups excluding carboxylic acids is 1. The van der Waals surface area contributed by atoms with Gasteiger partial charge in [-0.2, -0.15) is 0 Å². The van der Waals surface area contributed by atoms with Crippen LogP contribution in [0.4, 0.5) is 20.3 Å². The quantitative estimate of drug-likeness (QED) is 0.111. The highest BCUT2D eigenvalue weighted by atomic mass is 35.5. The molecule has 3 fully saturated rings. The zero-order valence-electron chi connectivity index (χ0n) is 34.4. The number of anilines is 2. The first kappa shape index (κ1) is 40.6. The van der Waals surface area contributed by atoms with E-state index in [0.717, 1.165) is 111 Å². The number of nitrogens with zero attached hydrogens (tertiary/aromatic N) is 7. The van der Waals surface area contributed by atoms with Crippen molar-refractivity contribution in [1.29, 1.82) is 0 Å². The van der Waals surface area contributed by atoms with Crippen LogP contribution in [0.2, 0.25) is 5.02 Å². The molecule has 1 saturated heterocycles. The lowest BCUT2D eigenvalue weighted by molar-refractivity contribution is -0.148. The number of pyridine rings is 1. The van der Waals surface area contributed by atoms with E-state index in [-0.39, 0.29) is 23.4 Å². The number of aliphatic carboxylic acids is 1. The smallest absolute Gasteiger partial charge is 0.309 e. The molecule has 0 radical (unpaired) electrons. The number of hydrogen-bond acceptors (Lipinski definition) is 9. The van der Waals surface area contributed by atoms with Gasteiger partial charge in [-0.05, 0) is 118 Å². The number of carboxylic acid groups (broad SMARTS) is 1. The predicted octanol–water partition coefficient (Wildman–Crippen LogP) is 9.26. The van der Waals surface area contributed by atoms with Crippen molar-refractivity contribution in [2.75, 3.05) is 25.0 Å². The van der Waals surface area contributed by atoms with Crippen molar-refractivity contribution < 1.29 is 23.5 Å². The first-order valence-corrected chi connectivity index (χ1v) is 21.6. The van der Waals surface area contributed by atoms with Crippen molar-refractivity contribution >= 4 is 45.9 Å². The Morgan fingerprint density at radius 1 is 1.05 bits per heavy atom. The molecule has 2 aliphatic carbocycles. The van der Waals surface area contributed by atoms with Gasteiger partial charge < -0.3 is 15.0 Å². The van der Waals surface area contributed by atoms with Crippen molar-refractivity contribution in [3.05, 3.63) is 93.4 Å². The van der Waals surface area contributed by atoms with E-state index < -0.39 is 23.6 Å². The van der Waals surface area contributed by atoms with Gasteiger partial charge in [0.25, 0.3) is 6.43 Å². The first-order valence-electron chi connectivity index (χ1n) is 21.2. The van der Waals surface area contributed by atoms with Crippen molar-refractivity contribution in [2.24, 2.45) is 17.9 Å². The van der Waals surface area contributed by atoms with Crippen molar-refractivity contribution in [3.8, 4) is 11.1 Å². The second-order valence-corrected chi connectivity index (χ2v) is 18.2. The van der Waals surface area contributed by atoms with Crippen LogP contribution in [-0.2, 0) is 37.8 Å². The van der Waals surface area contributed by atoms with Crippen LogP contribution in [0.5, 0.6) is 0 Å². The highest BCUT2D eigenvalue weighted by molar-refractivity contribution is 6.34. The Morgan fingerprint density at radius 2 is 1.83 bits per heavy atom. The Hall–Kier alpha value is -4.85. The summed E-state index contributed by atoms with van der Waals surface area (Å²) in [5, 5.41) is 13.6. The van der Waals surface area contributed by atoms with E-state index in [1.54, 1.807) is 6.20 Å². The maximum absolute atomic E-state index is 14.1. The fraction of sp³-hybridized carbons (Fsp3) is 0.478. The molecule has 14 heteroatoms. The van der Waals surface area contributed by atoms with Gasteiger partial charge in [-0.3, -0.25) is 24.4 Å². The summed E-state index contributed by atoms with van der Waals surface area (Å²) >= 11 is 7.12. The predicted molar refractivity (Wildman–Crippen MR) is 227 cm³/mol. The van der Waals surface area contributed by atoms with Gasteiger partial charge >= 0.3 is 5.97 Å². The third-order valence-corrected chi connectivity index (χ3v) is 14.6. The van der Waals surface area contributed by atoms with Crippen LogP contribution in [0.3, 0.4) is 0 Å². The maximum Gasteiger partial charge on any atom is 0.309 e. The van der Waals surface area contributed by atoms with E-state index in [9.17, 15) is 23.5 Å². The zero-order chi connectivity index (χ0) is 41.9. The SMILES string of the molecule is Cc1c(Nc2nc(C(F)F)nc3cc(CN4CCC[C@H]4C)cnc23)cccc1-c1cccc(CC(=O)c2nc3c(n2C)CCN(CCC24CCC(C(=O)O)(CC2)C4)C3)c1Cl. The highest BCUT2D eigenvalue weighted by Crippen LogP contribution is 2.63. The summed E-state index contributed by atoms with van der Waals surface area (Å²) in [6.45, 7) is 8.23. The van der Waals surface area contributed by atoms with E-state index in [1.807, 2.05) is 61.0 Å². The second kappa shape index (κ2) is 15.9. The fourth-order valence-electron chi connectivity index (χ4n) is 10.6. The van der Waals surface area contributed by atoms with Crippen LogP contribution in [0.15, 0.2) is 48.7 Å². The Labute approximate surface area is 353 Å².